The molecule has 2 aromatic rings. The Balaban J connectivity index is 2.43. The van der Waals surface area contributed by atoms with E-state index in [4.69, 9.17) is 0 Å². The number of nitro groups is 1. The lowest BCUT2D eigenvalue weighted by atomic mass is 10.2. The number of aryl methyl sites for hydroxylation is 1. The van der Waals surface area contributed by atoms with E-state index in [-0.39, 0.29) is 5.69 Å². The number of hydrogen-bond acceptors (Lipinski definition) is 3. The van der Waals surface area contributed by atoms with Gasteiger partial charge in [0.05, 0.1) is 16.3 Å². The van der Waals surface area contributed by atoms with Gasteiger partial charge in [-0.25, -0.2) is 9.69 Å². The number of carbonyl (C=O) groups is 1. The van der Waals surface area contributed by atoms with Gasteiger partial charge in [0.25, 0.3) is 5.69 Å². The summed E-state index contributed by atoms with van der Waals surface area (Å²) in [6.45, 7) is 1.86. The molecule has 0 aromatic heterocycles. The van der Waals surface area contributed by atoms with Crippen molar-refractivity contribution in [3.63, 3.8) is 0 Å². The molecule has 0 aliphatic carbocycles. The van der Waals surface area contributed by atoms with Crippen molar-refractivity contribution >= 4 is 23.2 Å². The van der Waals surface area contributed by atoms with Crippen molar-refractivity contribution in [2.75, 3.05) is 4.90 Å². The van der Waals surface area contributed by atoms with Gasteiger partial charge in [-0.3, -0.25) is 10.1 Å². The van der Waals surface area contributed by atoms with Crippen molar-refractivity contribution in [3.8, 4) is 0 Å². The summed E-state index contributed by atoms with van der Waals surface area (Å²) in [6.07, 6.45) is -1.15. The first kappa shape index (κ1) is 13.5. The third-order valence-corrected chi connectivity index (χ3v) is 2.77. The number of anilines is 2. The second kappa shape index (κ2) is 5.40. The predicted molar refractivity (Wildman–Crippen MR) is 74.4 cm³/mol. The third kappa shape index (κ3) is 2.74. The fourth-order valence-electron chi connectivity index (χ4n) is 1.86. The SMILES string of the molecule is Cc1cccc(N(C(=O)O)c2ccc([N+](=O)[O-])cc2)c1. The van der Waals surface area contributed by atoms with Crippen LogP contribution in [-0.4, -0.2) is 16.1 Å². The summed E-state index contributed by atoms with van der Waals surface area (Å²) in [6, 6.07) is 12.4. The van der Waals surface area contributed by atoms with E-state index in [1.54, 1.807) is 18.2 Å². The fraction of sp³-hybridized carbons (Fsp3) is 0.0714. The maximum absolute atomic E-state index is 11.4. The van der Waals surface area contributed by atoms with Crippen LogP contribution in [0.3, 0.4) is 0 Å². The lowest BCUT2D eigenvalue weighted by Crippen LogP contribution is -2.23. The molecule has 0 heterocycles. The number of rotatable bonds is 3. The van der Waals surface area contributed by atoms with E-state index in [2.05, 4.69) is 0 Å². The lowest BCUT2D eigenvalue weighted by Gasteiger charge is -2.19. The number of benzene rings is 2. The fourth-order valence-corrected chi connectivity index (χ4v) is 1.86. The van der Waals surface area contributed by atoms with Gasteiger partial charge < -0.3 is 5.11 Å². The second-order valence-corrected chi connectivity index (χ2v) is 4.23. The van der Waals surface area contributed by atoms with E-state index >= 15 is 0 Å². The summed E-state index contributed by atoms with van der Waals surface area (Å²) in [5, 5.41) is 19.9. The molecule has 0 fully saturated rings. The zero-order chi connectivity index (χ0) is 14.7. The summed E-state index contributed by atoms with van der Waals surface area (Å²) in [5.41, 5.74) is 1.69. The van der Waals surface area contributed by atoms with Gasteiger partial charge in [0, 0.05) is 12.1 Å². The first-order valence-corrected chi connectivity index (χ1v) is 5.83. The Bertz CT molecular complexity index is 652. The molecule has 1 amide bonds. The second-order valence-electron chi connectivity index (χ2n) is 4.23. The van der Waals surface area contributed by atoms with Gasteiger partial charge in [0.1, 0.15) is 0 Å². The predicted octanol–water partition coefficient (Wildman–Crippen LogP) is 3.72. The largest absolute Gasteiger partial charge is 0.464 e. The zero-order valence-electron chi connectivity index (χ0n) is 10.7. The topological polar surface area (TPSA) is 83.7 Å². The summed E-state index contributed by atoms with van der Waals surface area (Å²) < 4.78 is 0. The molecular formula is C14H12N2O4. The smallest absolute Gasteiger partial charge is 0.416 e. The van der Waals surface area contributed by atoms with Crippen LogP contribution in [0.4, 0.5) is 21.9 Å². The number of nitrogens with zero attached hydrogens (tertiary/aromatic N) is 2. The van der Waals surface area contributed by atoms with Crippen molar-refractivity contribution < 1.29 is 14.8 Å². The highest BCUT2D eigenvalue weighted by atomic mass is 16.6. The van der Waals surface area contributed by atoms with E-state index in [0.29, 0.717) is 11.4 Å². The molecule has 0 atom stereocenters. The van der Waals surface area contributed by atoms with Gasteiger partial charge in [-0.1, -0.05) is 12.1 Å². The molecule has 0 radical (unpaired) electrons. The van der Waals surface area contributed by atoms with Crippen LogP contribution in [0.25, 0.3) is 0 Å². The lowest BCUT2D eigenvalue weighted by molar-refractivity contribution is -0.384. The molecule has 0 unspecified atom stereocenters. The third-order valence-electron chi connectivity index (χ3n) is 2.77. The molecule has 20 heavy (non-hydrogen) atoms. The van der Waals surface area contributed by atoms with Crippen molar-refractivity contribution in [1.82, 2.24) is 0 Å². The molecule has 2 aromatic carbocycles. The quantitative estimate of drug-likeness (QED) is 0.681. The van der Waals surface area contributed by atoms with E-state index in [1.165, 1.54) is 24.3 Å². The Labute approximate surface area is 115 Å². The molecule has 0 aliphatic heterocycles. The summed E-state index contributed by atoms with van der Waals surface area (Å²) in [4.78, 5) is 22.6. The Kier molecular flexibility index (Phi) is 3.65. The first-order valence-electron chi connectivity index (χ1n) is 5.83. The van der Waals surface area contributed by atoms with Crippen molar-refractivity contribution in [1.29, 1.82) is 0 Å². The average Bonchev–Trinajstić information content (AvgIpc) is 2.39. The Morgan fingerprint density at radius 2 is 1.80 bits per heavy atom. The molecule has 0 spiro atoms. The van der Waals surface area contributed by atoms with Crippen LogP contribution in [0.15, 0.2) is 48.5 Å². The molecule has 102 valence electrons. The molecule has 0 bridgehead atoms. The molecule has 6 heteroatoms. The van der Waals surface area contributed by atoms with Gasteiger partial charge in [-0.15, -0.1) is 0 Å². The van der Waals surface area contributed by atoms with Crippen LogP contribution in [0.2, 0.25) is 0 Å². The number of carboxylic acid groups (broad SMARTS) is 1. The minimum atomic E-state index is -1.15. The normalized spacial score (nSPS) is 10.1. The van der Waals surface area contributed by atoms with E-state index < -0.39 is 11.0 Å². The van der Waals surface area contributed by atoms with E-state index in [0.717, 1.165) is 10.5 Å². The van der Waals surface area contributed by atoms with Crippen molar-refractivity contribution in [2.45, 2.75) is 6.92 Å². The molecule has 0 saturated heterocycles. The Morgan fingerprint density at radius 3 is 2.30 bits per heavy atom. The average molecular weight is 272 g/mol. The maximum Gasteiger partial charge on any atom is 0.416 e. The van der Waals surface area contributed by atoms with Crippen LogP contribution in [0, 0.1) is 17.0 Å². The highest BCUT2D eigenvalue weighted by molar-refractivity contribution is 5.94. The molecule has 1 N–H and O–H groups in total. The van der Waals surface area contributed by atoms with Crippen molar-refractivity contribution in [2.24, 2.45) is 0 Å². The van der Waals surface area contributed by atoms with Crippen molar-refractivity contribution in [3.05, 3.63) is 64.2 Å². The molecule has 6 nitrogen and oxygen atoms in total. The highest BCUT2D eigenvalue weighted by Crippen LogP contribution is 2.27. The zero-order valence-corrected chi connectivity index (χ0v) is 10.7. The Morgan fingerprint density at radius 1 is 1.15 bits per heavy atom. The molecular weight excluding hydrogens is 260 g/mol. The number of hydrogen-bond donors (Lipinski definition) is 1. The van der Waals surface area contributed by atoms with Gasteiger partial charge in [0.2, 0.25) is 0 Å². The van der Waals surface area contributed by atoms with Gasteiger partial charge in [-0.05, 0) is 36.8 Å². The van der Waals surface area contributed by atoms with Crippen LogP contribution < -0.4 is 4.90 Å². The minimum absolute atomic E-state index is 0.0802. The molecule has 0 saturated carbocycles. The summed E-state index contributed by atoms with van der Waals surface area (Å²) >= 11 is 0. The highest BCUT2D eigenvalue weighted by Gasteiger charge is 2.17. The maximum atomic E-state index is 11.4. The van der Waals surface area contributed by atoms with Gasteiger partial charge in [0.15, 0.2) is 0 Å². The van der Waals surface area contributed by atoms with Crippen LogP contribution in [-0.2, 0) is 0 Å². The van der Waals surface area contributed by atoms with Crippen LogP contribution in [0.1, 0.15) is 5.56 Å². The summed E-state index contributed by atoms with van der Waals surface area (Å²) in [5.74, 6) is 0. The number of non-ortho nitro benzene ring substituents is 1. The molecule has 0 aliphatic rings. The summed E-state index contributed by atoms with van der Waals surface area (Å²) in [7, 11) is 0. The van der Waals surface area contributed by atoms with E-state index in [1.807, 2.05) is 13.0 Å². The monoisotopic (exact) mass is 272 g/mol. The van der Waals surface area contributed by atoms with E-state index in [9.17, 15) is 20.0 Å². The van der Waals surface area contributed by atoms with Gasteiger partial charge in [-0.2, -0.15) is 0 Å². The number of nitro benzene ring substituents is 1. The standard InChI is InChI=1S/C14H12N2O4/c1-10-3-2-4-13(9-10)15(14(17)18)11-5-7-12(8-6-11)16(19)20/h2-9H,1H3,(H,17,18). The van der Waals surface area contributed by atoms with Gasteiger partial charge >= 0.3 is 6.09 Å². The first-order chi connectivity index (χ1) is 9.49. The number of amides is 1. The Hall–Kier alpha value is -2.89. The van der Waals surface area contributed by atoms with Crippen LogP contribution in [0.5, 0.6) is 0 Å². The van der Waals surface area contributed by atoms with Crippen LogP contribution >= 0.6 is 0 Å². The minimum Gasteiger partial charge on any atom is -0.464 e. The molecule has 2 rings (SSSR count).